The molecule has 0 saturated carbocycles. The number of nitrogens with two attached hydrogens (primary N) is 1. The number of alkyl halides is 5. The molecule has 12 heteroatoms. The maximum absolute atomic E-state index is 15.0. The Balaban J connectivity index is 1.99. The van der Waals surface area contributed by atoms with E-state index in [1.165, 1.54) is 0 Å². The smallest absolute Gasteiger partial charge is 0.333 e. The van der Waals surface area contributed by atoms with Gasteiger partial charge < -0.3 is 11.1 Å². The predicted molar refractivity (Wildman–Crippen MR) is 91.3 cm³/mol. The van der Waals surface area contributed by atoms with Gasteiger partial charge in [-0.1, -0.05) is 12.1 Å². The summed E-state index contributed by atoms with van der Waals surface area (Å²) < 4.78 is 83.3. The lowest BCUT2D eigenvalue weighted by molar-refractivity contribution is -0.0959. The lowest BCUT2D eigenvalue weighted by atomic mass is 9.80. The van der Waals surface area contributed by atoms with E-state index in [0.717, 1.165) is 30.5 Å². The number of nitrogens with zero attached hydrogens (tertiary/aromatic N) is 3. The SMILES string of the molecule is NC1=N[C@](CF)(c2cccc(NC(=O)c3ccn(C(F)F)n3)c2F)C(F)(F)CC1. The van der Waals surface area contributed by atoms with Crippen molar-refractivity contribution in [3.05, 3.63) is 47.5 Å². The zero-order valence-electron chi connectivity index (χ0n) is 14.7. The van der Waals surface area contributed by atoms with Crippen LogP contribution in [-0.4, -0.2) is 34.1 Å². The number of benzene rings is 1. The van der Waals surface area contributed by atoms with Gasteiger partial charge in [0.2, 0.25) is 0 Å². The largest absolute Gasteiger partial charge is 0.387 e. The minimum Gasteiger partial charge on any atom is -0.387 e. The molecule has 0 unspecified atom stereocenters. The molecule has 1 amide bonds. The molecular weight excluding hydrogens is 404 g/mol. The molecule has 156 valence electrons. The Morgan fingerprint density at radius 2 is 2.03 bits per heavy atom. The number of aliphatic imine (C=N–C) groups is 1. The number of nitrogens with one attached hydrogen (secondary N) is 1. The summed E-state index contributed by atoms with van der Waals surface area (Å²) in [5, 5.41) is 5.38. The molecule has 2 heterocycles. The summed E-state index contributed by atoms with van der Waals surface area (Å²) in [4.78, 5) is 15.7. The zero-order chi connectivity index (χ0) is 21.4. The molecule has 29 heavy (non-hydrogen) atoms. The highest BCUT2D eigenvalue weighted by Gasteiger charge is 2.58. The third-order valence-corrected chi connectivity index (χ3v) is 4.56. The first-order valence-corrected chi connectivity index (χ1v) is 8.33. The van der Waals surface area contributed by atoms with Gasteiger partial charge in [0.15, 0.2) is 17.1 Å². The molecule has 0 aliphatic carbocycles. The van der Waals surface area contributed by atoms with Gasteiger partial charge in [-0.25, -0.2) is 22.2 Å². The van der Waals surface area contributed by atoms with Gasteiger partial charge in [-0.2, -0.15) is 13.9 Å². The molecule has 1 aromatic heterocycles. The Bertz CT molecular complexity index is 960. The normalized spacial score (nSPS) is 21.1. The van der Waals surface area contributed by atoms with Gasteiger partial charge in [0.05, 0.1) is 11.5 Å². The monoisotopic (exact) mass is 419 g/mol. The second-order valence-electron chi connectivity index (χ2n) is 6.38. The van der Waals surface area contributed by atoms with Crippen LogP contribution >= 0.6 is 0 Å². The van der Waals surface area contributed by atoms with Crippen LogP contribution < -0.4 is 11.1 Å². The van der Waals surface area contributed by atoms with Crippen LogP contribution in [0.1, 0.15) is 35.4 Å². The van der Waals surface area contributed by atoms with E-state index in [1.807, 2.05) is 0 Å². The van der Waals surface area contributed by atoms with Crippen LogP contribution in [0.2, 0.25) is 0 Å². The van der Waals surface area contributed by atoms with Crippen molar-refractivity contribution in [1.82, 2.24) is 9.78 Å². The Labute approximate surface area is 160 Å². The van der Waals surface area contributed by atoms with Crippen molar-refractivity contribution in [2.45, 2.75) is 30.9 Å². The molecule has 1 aliphatic heterocycles. The number of hydrogen-bond donors (Lipinski definition) is 2. The fraction of sp³-hybridized carbons (Fsp3) is 0.353. The molecule has 1 aromatic carbocycles. The van der Waals surface area contributed by atoms with Gasteiger partial charge in [-0.3, -0.25) is 9.79 Å². The van der Waals surface area contributed by atoms with Crippen LogP contribution in [0.15, 0.2) is 35.5 Å². The van der Waals surface area contributed by atoms with Crippen LogP contribution in [0.4, 0.5) is 32.0 Å². The molecule has 0 bridgehead atoms. The molecule has 6 nitrogen and oxygen atoms in total. The average Bonchev–Trinajstić information content (AvgIpc) is 3.16. The molecule has 0 saturated heterocycles. The van der Waals surface area contributed by atoms with Crippen LogP contribution in [0.3, 0.4) is 0 Å². The van der Waals surface area contributed by atoms with Crippen molar-refractivity contribution in [3.63, 3.8) is 0 Å². The summed E-state index contributed by atoms with van der Waals surface area (Å²) in [7, 11) is 0. The Kier molecular flexibility index (Phi) is 5.28. The molecule has 1 aliphatic rings. The van der Waals surface area contributed by atoms with E-state index in [4.69, 9.17) is 5.73 Å². The summed E-state index contributed by atoms with van der Waals surface area (Å²) in [6, 6.07) is 4.05. The van der Waals surface area contributed by atoms with Crippen molar-refractivity contribution in [2.75, 3.05) is 12.0 Å². The molecule has 3 rings (SSSR count). The highest BCUT2D eigenvalue weighted by Crippen LogP contribution is 2.48. The number of amidine groups is 1. The van der Waals surface area contributed by atoms with Crippen LogP contribution in [0, 0.1) is 5.82 Å². The second kappa shape index (κ2) is 7.41. The maximum atomic E-state index is 15.0. The Morgan fingerprint density at radius 1 is 1.31 bits per heavy atom. The van der Waals surface area contributed by atoms with E-state index in [-0.39, 0.29) is 16.9 Å². The third-order valence-electron chi connectivity index (χ3n) is 4.56. The number of carbonyl (C=O) groups excluding carboxylic acids is 1. The van der Waals surface area contributed by atoms with E-state index in [0.29, 0.717) is 0 Å². The number of rotatable bonds is 5. The van der Waals surface area contributed by atoms with E-state index in [2.05, 4.69) is 15.4 Å². The first kappa shape index (κ1) is 20.7. The minimum atomic E-state index is -3.73. The quantitative estimate of drug-likeness (QED) is 0.726. The molecular formula is C17H15F6N5O. The van der Waals surface area contributed by atoms with Crippen molar-refractivity contribution >= 4 is 17.4 Å². The third kappa shape index (κ3) is 3.54. The van der Waals surface area contributed by atoms with Gasteiger partial charge in [0.25, 0.3) is 11.8 Å². The number of halogens is 6. The van der Waals surface area contributed by atoms with Crippen molar-refractivity contribution < 1.29 is 31.1 Å². The molecule has 0 radical (unpaired) electrons. The Morgan fingerprint density at radius 3 is 2.66 bits per heavy atom. The maximum Gasteiger partial charge on any atom is 0.333 e. The van der Waals surface area contributed by atoms with Gasteiger partial charge in [0, 0.05) is 24.6 Å². The van der Waals surface area contributed by atoms with Gasteiger partial charge >= 0.3 is 6.55 Å². The van der Waals surface area contributed by atoms with E-state index < -0.39 is 59.8 Å². The molecule has 0 spiro atoms. The zero-order valence-corrected chi connectivity index (χ0v) is 14.7. The lowest BCUT2D eigenvalue weighted by Gasteiger charge is -2.39. The highest BCUT2D eigenvalue weighted by atomic mass is 19.3. The van der Waals surface area contributed by atoms with Crippen molar-refractivity contribution in [3.8, 4) is 0 Å². The Hall–Kier alpha value is -3.05. The minimum absolute atomic E-state index is 0.208. The summed E-state index contributed by atoms with van der Waals surface area (Å²) in [5.41, 5.74) is 0.811. The molecule has 2 aromatic rings. The molecule has 1 atom stereocenters. The predicted octanol–water partition coefficient (Wildman–Crippen LogP) is 3.62. The van der Waals surface area contributed by atoms with Crippen molar-refractivity contribution in [1.29, 1.82) is 0 Å². The van der Waals surface area contributed by atoms with E-state index >= 15 is 0 Å². The van der Waals surface area contributed by atoms with Crippen molar-refractivity contribution in [2.24, 2.45) is 10.7 Å². The number of anilines is 1. The fourth-order valence-corrected chi connectivity index (χ4v) is 3.03. The number of carbonyl (C=O) groups is 1. The molecule has 0 fully saturated rings. The summed E-state index contributed by atoms with van der Waals surface area (Å²) >= 11 is 0. The van der Waals surface area contributed by atoms with Crippen LogP contribution in [-0.2, 0) is 5.54 Å². The van der Waals surface area contributed by atoms with Crippen LogP contribution in [0.25, 0.3) is 0 Å². The summed E-state index contributed by atoms with van der Waals surface area (Å²) in [6.45, 7) is -4.72. The van der Waals surface area contributed by atoms with Crippen LogP contribution in [0.5, 0.6) is 0 Å². The standard InChI is InChI=1S/C17H15F6N5O/c18-8-16(17(22,23)6-4-12(24)26-16)9-2-1-3-10(13(9)19)25-14(29)11-5-7-28(27-11)15(20)21/h1-3,5,7,15H,4,6,8H2,(H2,24,26)(H,25,29)/t16-/m1/s1. The first-order chi connectivity index (χ1) is 13.6. The van der Waals surface area contributed by atoms with E-state index in [1.54, 1.807) is 0 Å². The van der Waals surface area contributed by atoms with Gasteiger partial charge in [-0.15, -0.1) is 0 Å². The van der Waals surface area contributed by atoms with Gasteiger partial charge in [0.1, 0.15) is 6.67 Å². The van der Waals surface area contributed by atoms with Gasteiger partial charge in [-0.05, 0) is 12.1 Å². The first-order valence-electron chi connectivity index (χ1n) is 8.33. The summed E-state index contributed by atoms with van der Waals surface area (Å²) in [5.74, 6) is -6.39. The number of amides is 1. The number of aromatic nitrogens is 2. The topological polar surface area (TPSA) is 85.3 Å². The average molecular weight is 419 g/mol. The second-order valence-corrected chi connectivity index (χ2v) is 6.38. The lowest BCUT2D eigenvalue weighted by Crippen LogP contribution is -2.51. The highest BCUT2D eigenvalue weighted by molar-refractivity contribution is 6.02. The van der Waals surface area contributed by atoms with E-state index in [9.17, 15) is 31.1 Å². The number of hydrogen-bond acceptors (Lipinski definition) is 4. The fourth-order valence-electron chi connectivity index (χ4n) is 3.03. The summed E-state index contributed by atoms with van der Waals surface area (Å²) in [6.07, 6.45) is -0.266. The molecule has 3 N–H and O–H groups in total.